The van der Waals surface area contributed by atoms with Crippen LogP contribution in [0.5, 0.6) is 0 Å². The zero-order valence-corrected chi connectivity index (χ0v) is 15.3. The van der Waals surface area contributed by atoms with Crippen LogP contribution in [0.15, 0.2) is 12.3 Å². The third-order valence-corrected chi connectivity index (χ3v) is 5.81. The Hall–Kier alpha value is -1.45. The SMILES string of the molecule is CCS(=O)(=O)CCN1Cc2ccnn2C[C@@H](OCC(=O)N(C)C)C1. The highest BCUT2D eigenvalue weighted by Gasteiger charge is 2.24. The molecule has 0 spiro atoms. The van der Waals surface area contributed by atoms with Gasteiger partial charge < -0.3 is 9.64 Å². The van der Waals surface area contributed by atoms with E-state index in [-0.39, 0.29) is 30.1 Å². The van der Waals surface area contributed by atoms with Crippen molar-refractivity contribution in [3.8, 4) is 0 Å². The van der Waals surface area contributed by atoms with Crippen molar-refractivity contribution < 1.29 is 17.9 Å². The molecule has 9 heteroatoms. The molecule has 1 aromatic heterocycles. The molecule has 0 fully saturated rings. The van der Waals surface area contributed by atoms with Crippen LogP contribution >= 0.6 is 0 Å². The zero-order valence-electron chi connectivity index (χ0n) is 14.5. The highest BCUT2D eigenvalue weighted by Crippen LogP contribution is 2.14. The number of carbonyl (C=O) groups excluding carboxylic acids is 1. The van der Waals surface area contributed by atoms with Gasteiger partial charge in [0.05, 0.1) is 24.1 Å². The minimum absolute atomic E-state index is 0.00929. The molecule has 1 amide bonds. The Morgan fingerprint density at radius 2 is 2.17 bits per heavy atom. The van der Waals surface area contributed by atoms with Gasteiger partial charge in [-0.3, -0.25) is 14.4 Å². The number of ether oxygens (including phenoxy) is 1. The fourth-order valence-electron chi connectivity index (χ4n) is 2.50. The first-order valence-corrected chi connectivity index (χ1v) is 9.88. The van der Waals surface area contributed by atoms with Gasteiger partial charge in [0, 0.05) is 45.7 Å². The van der Waals surface area contributed by atoms with Crippen LogP contribution in [0.25, 0.3) is 0 Å². The van der Waals surface area contributed by atoms with Crippen molar-refractivity contribution in [2.24, 2.45) is 0 Å². The summed E-state index contributed by atoms with van der Waals surface area (Å²) >= 11 is 0. The van der Waals surface area contributed by atoms with Crippen LogP contribution in [0.1, 0.15) is 12.6 Å². The van der Waals surface area contributed by atoms with Crippen LogP contribution in [-0.4, -0.2) is 85.3 Å². The van der Waals surface area contributed by atoms with Crippen LogP contribution < -0.4 is 0 Å². The molecule has 24 heavy (non-hydrogen) atoms. The van der Waals surface area contributed by atoms with E-state index in [9.17, 15) is 13.2 Å². The predicted molar refractivity (Wildman–Crippen MR) is 90.3 cm³/mol. The Kier molecular flexibility index (Phi) is 6.36. The van der Waals surface area contributed by atoms with Crippen molar-refractivity contribution in [1.82, 2.24) is 19.6 Å². The second kappa shape index (κ2) is 8.09. The molecule has 8 nitrogen and oxygen atoms in total. The van der Waals surface area contributed by atoms with Crippen LogP contribution in [0.3, 0.4) is 0 Å². The normalized spacial score (nSPS) is 18.9. The Morgan fingerprint density at radius 3 is 2.83 bits per heavy atom. The highest BCUT2D eigenvalue weighted by molar-refractivity contribution is 7.91. The predicted octanol–water partition coefficient (Wildman–Crippen LogP) is -0.393. The van der Waals surface area contributed by atoms with E-state index in [4.69, 9.17) is 4.74 Å². The molecule has 1 aromatic rings. The number of aromatic nitrogens is 2. The molecule has 1 atom stereocenters. The number of likely N-dealkylation sites (N-methyl/N-ethyl adjacent to an activating group) is 1. The molecule has 1 aliphatic rings. The van der Waals surface area contributed by atoms with E-state index in [1.807, 2.05) is 10.7 Å². The molecule has 0 unspecified atom stereocenters. The minimum atomic E-state index is -3.01. The molecule has 0 aromatic carbocycles. The number of sulfone groups is 1. The Bertz CT molecular complexity index is 656. The third kappa shape index (κ3) is 5.29. The minimum Gasteiger partial charge on any atom is -0.365 e. The second-order valence-corrected chi connectivity index (χ2v) is 8.67. The van der Waals surface area contributed by atoms with Gasteiger partial charge >= 0.3 is 0 Å². The molecular weight excluding hydrogens is 332 g/mol. The first kappa shape index (κ1) is 18.9. The van der Waals surface area contributed by atoms with Crippen molar-refractivity contribution in [1.29, 1.82) is 0 Å². The molecule has 0 aliphatic carbocycles. The first-order chi connectivity index (χ1) is 11.3. The smallest absolute Gasteiger partial charge is 0.248 e. The van der Waals surface area contributed by atoms with Gasteiger partial charge in [0.25, 0.3) is 0 Å². The van der Waals surface area contributed by atoms with Crippen LogP contribution in [0, 0.1) is 0 Å². The number of fused-ring (bicyclic) bond motifs is 1. The summed E-state index contributed by atoms with van der Waals surface area (Å²) < 4.78 is 31.2. The highest BCUT2D eigenvalue weighted by atomic mass is 32.2. The van der Waals surface area contributed by atoms with E-state index < -0.39 is 9.84 Å². The molecule has 136 valence electrons. The maximum Gasteiger partial charge on any atom is 0.248 e. The van der Waals surface area contributed by atoms with Crippen molar-refractivity contribution in [2.45, 2.75) is 26.1 Å². The third-order valence-electron chi connectivity index (χ3n) is 4.13. The summed E-state index contributed by atoms with van der Waals surface area (Å²) in [5.74, 6) is 0.178. The largest absolute Gasteiger partial charge is 0.365 e. The van der Waals surface area contributed by atoms with Gasteiger partial charge in [-0.15, -0.1) is 0 Å². The number of rotatable bonds is 7. The number of carbonyl (C=O) groups is 1. The van der Waals surface area contributed by atoms with E-state index in [2.05, 4.69) is 10.00 Å². The fraction of sp³-hybridized carbons (Fsp3) is 0.733. The average Bonchev–Trinajstić information content (AvgIpc) is 2.89. The summed E-state index contributed by atoms with van der Waals surface area (Å²) in [5, 5.41) is 4.29. The van der Waals surface area contributed by atoms with Crippen LogP contribution in [0.2, 0.25) is 0 Å². The topological polar surface area (TPSA) is 84.7 Å². The summed E-state index contributed by atoms with van der Waals surface area (Å²) in [6.45, 7) is 3.87. The van der Waals surface area contributed by atoms with E-state index in [0.717, 1.165) is 5.69 Å². The lowest BCUT2D eigenvalue weighted by Gasteiger charge is -2.24. The van der Waals surface area contributed by atoms with E-state index in [0.29, 0.717) is 26.2 Å². The lowest BCUT2D eigenvalue weighted by Crippen LogP contribution is -2.38. The molecule has 0 saturated heterocycles. The Labute approximate surface area is 143 Å². The Balaban J connectivity index is 2.02. The molecule has 0 saturated carbocycles. The summed E-state index contributed by atoms with van der Waals surface area (Å²) in [4.78, 5) is 15.3. The van der Waals surface area contributed by atoms with Gasteiger partial charge in [0.1, 0.15) is 6.61 Å². The van der Waals surface area contributed by atoms with Gasteiger partial charge in [0.15, 0.2) is 9.84 Å². The van der Waals surface area contributed by atoms with E-state index >= 15 is 0 Å². The second-order valence-electron chi connectivity index (χ2n) is 6.20. The number of hydrogen-bond donors (Lipinski definition) is 0. The van der Waals surface area contributed by atoms with Gasteiger partial charge in [-0.1, -0.05) is 6.92 Å². The van der Waals surface area contributed by atoms with Crippen molar-refractivity contribution >= 4 is 15.7 Å². The summed E-state index contributed by atoms with van der Waals surface area (Å²) in [7, 11) is 0.359. The summed E-state index contributed by atoms with van der Waals surface area (Å²) in [5.41, 5.74) is 1.02. The molecule has 1 aliphatic heterocycles. The quantitative estimate of drug-likeness (QED) is 0.660. The monoisotopic (exact) mass is 358 g/mol. The van der Waals surface area contributed by atoms with Gasteiger partial charge in [-0.25, -0.2) is 8.42 Å². The molecule has 2 heterocycles. The Morgan fingerprint density at radius 1 is 1.42 bits per heavy atom. The van der Waals surface area contributed by atoms with Gasteiger partial charge in [-0.05, 0) is 6.07 Å². The number of hydrogen-bond acceptors (Lipinski definition) is 6. The maximum absolute atomic E-state index is 11.8. The summed E-state index contributed by atoms with van der Waals surface area (Å²) in [6.07, 6.45) is 1.52. The lowest BCUT2D eigenvalue weighted by atomic mass is 10.3. The zero-order chi connectivity index (χ0) is 17.7. The van der Waals surface area contributed by atoms with Crippen LogP contribution in [-0.2, 0) is 32.5 Å². The van der Waals surface area contributed by atoms with Crippen molar-refractivity contribution in [2.75, 3.05) is 45.3 Å². The van der Waals surface area contributed by atoms with Crippen LogP contribution in [0.4, 0.5) is 0 Å². The maximum atomic E-state index is 11.8. The fourth-order valence-corrected chi connectivity index (χ4v) is 3.32. The summed E-state index contributed by atoms with van der Waals surface area (Å²) in [6, 6.07) is 1.93. The first-order valence-electron chi connectivity index (χ1n) is 8.06. The van der Waals surface area contributed by atoms with E-state index in [1.165, 1.54) is 4.90 Å². The number of amides is 1. The van der Waals surface area contributed by atoms with Crippen molar-refractivity contribution in [3.63, 3.8) is 0 Å². The van der Waals surface area contributed by atoms with Gasteiger partial charge in [-0.2, -0.15) is 5.10 Å². The molecule has 2 rings (SSSR count). The molecule has 0 N–H and O–H groups in total. The molecular formula is C15H26N4O4S. The van der Waals surface area contributed by atoms with E-state index in [1.54, 1.807) is 27.2 Å². The lowest BCUT2D eigenvalue weighted by molar-refractivity contribution is -0.136. The molecule has 0 radical (unpaired) electrons. The van der Waals surface area contributed by atoms with Gasteiger partial charge in [0.2, 0.25) is 5.91 Å². The number of nitrogens with zero attached hydrogens (tertiary/aromatic N) is 4. The molecule has 0 bridgehead atoms. The standard InChI is InChI=1S/C15H26N4O4S/c1-4-24(21,22)8-7-18-9-13-5-6-16-19(13)11-14(10-18)23-12-15(20)17(2)3/h5-6,14H,4,7-12H2,1-3H3/t14-/m0/s1. The van der Waals surface area contributed by atoms with Crippen molar-refractivity contribution in [3.05, 3.63) is 18.0 Å². The average molecular weight is 358 g/mol.